The van der Waals surface area contributed by atoms with E-state index in [1.807, 2.05) is 0 Å². The Bertz CT molecular complexity index is 420. The zero-order valence-corrected chi connectivity index (χ0v) is 10.6. The van der Waals surface area contributed by atoms with E-state index in [4.69, 9.17) is 14.2 Å². The van der Waals surface area contributed by atoms with Gasteiger partial charge in [-0.3, -0.25) is 0 Å². The number of carboxylic acid groups (broad SMARTS) is 1. The number of methoxy groups -OCH3 is 3. The number of carbonyl (C=O) groups is 1. The smallest absolute Gasteiger partial charge is 0.336 e. The predicted molar refractivity (Wildman–Crippen MR) is 62.5 cm³/mol. The summed E-state index contributed by atoms with van der Waals surface area (Å²) in [5.74, 6) is 0.161. The Hall–Kier alpha value is -1.91. The van der Waals surface area contributed by atoms with Crippen molar-refractivity contribution >= 4 is 5.97 Å². The molecule has 0 heterocycles. The van der Waals surface area contributed by atoms with Gasteiger partial charge in [0, 0.05) is 11.1 Å². The van der Waals surface area contributed by atoms with Gasteiger partial charge in [0.2, 0.25) is 5.75 Å². The third kappa shape index (κ3) is 2.00. The predicted octanol–water partition coefficient (Wildman–Crippen LogP) is 2.03. The monoisotopic (exact) mass is 240 g/mol. The van der Waals surface area contributed by atoms with Gasteiger partial charge < -0.3 is 19.3 Å². The van der Waals surface area contributed by atoms with Crippen LogP contribution in [0, 0.1) is 13.8 Å². The summed E-state index contributed by atoms with van der Waals surface area (Å²) >= 11 is 0. The maximum Gasteiger partial charge on any atom is 0.336 e. The summed E-state index contributed by atoms with van der Waals surface area (Å²) in [5, 5.41) is 9.20. The minimum absolute atomic E-state index is 0.180. The van der Waals surface area contributed by atoms with Gasteiger partial charge in [-0.2, -0.15) is 0 Å². The van der Waals surface area contributed by atoms with Crippen LogP contribution >= 0.6 is 0 Å². The molecule has 0 aromatic heterocycles. The Morgan fingerprint density at radius 2 is 1.24 bits per heavy atom. The van der Waals surface area contributed by atoms with Crippen LogP contribution in [-0.2, 0) is 0 Å². The maximum atomic E-state index is 11.2. The fourth-order valence-electron chi connectivity index (χ4n) is 1.95. The molecule has 1 N–H and O–H groups in total. The van der Waals surface area contributed by atoms with E-state index in [0.29, 0.717) is 28.4 Å². The average Bonchev–Trinajstić information content (AvgIpc) is 2.27. The normalized spacial score (nSPS) is 9.94. The van der Waals surface area contributed by atoms with Crippen molar-refractivity contribution in [2.45, 2.75) is 13.8 Å². The number of hydrogen-bond donors (Lipinski definition) is 1. The van der Waals surface area contributed by atoms with Gasteiger partial charge in [0.05, 0.1) is 26.9 Å². The molecule has 0 saturated carbocycles. The van der Waals surface area contributed by atoms with Crippen molar-refractivity contribution in [1.82, 2.24) is 0 Å². The third-order valence-corrected chi connectivity index (χ3v) is 2.67. The molecule has 0 amide bonds. The van der Waals surface area contributed by atoms with Crippen molar-refractivity contribution in [3.05, 3.63) is 16.7 Å². The third-order valence-electron chi connectivity index (χ3n) is 2.67. The fraction of sp³-hybridized carbons (Fsp3) is 0.417. The maximum absolute atomic E-state index is 11.2. The first-order valence-electron chi connectivity index (χ1n) is 5.01. The summed E-state index contributed by atoms with van der Waals surface area (Å²) in [7, 11) is 4.41. The molecule has 1 aromatic rings. The van der Waals surface area contributed by atoms with Crippen molar-refractivity contribution < 1.29 is 24.1 Å². The van der Waals surface area contributed by atoms with E-state index in [-0.39, 0.29) is 5.56 Å². The standard InChI is InChI=1S/C12H16O5/c1-6-8(12(13)14)7(2)10(16-4)11(17-5)9(6)15-3/h1-5H3,(H,13,14). The number of carboxylic acids is 1. The molecule has 94 valence electrons. The first-order valence-corrected chi connectivity index (χ1v) is 5.01. The van der Waals surface area contributed by atoms with Crippen molar-refractivity contribution in [1.29, 1.82) is 0 Å². The highest BCUT2D eigenvalue weighted by Gasteiger charge is 2.25. The van der Waals surface area contributed by atoms with E-state index in [0.717, 1.165) is 0 Å². The average molecular weight is 240 g/mol. The van der Waals surface area contributed by atoms with E-state index in [9.17, 15) is 9.90 Å². The van der Waals surface area contributed by atoms with Crippen LogP contribution in [-0.4, -0.2) is 32.4 Å². The molecule has 0 atom stereocenters. The molecule has 0 radical (unpaired) electrons. The molecule has 0 aliphatic carbocycles. The fourth-order valence-corrected chi connectivity index (χ4v) is 1.95. The molecule has 0 spiro atoms. The van der Waals surface area contributed by atoms with Crippen LogP contribution in [0.15, 0.2) is 0 Å². The lowest BCUT2D eigenvalue weighted by molar-refractivity contribution is 0.0694. The Morgan fingerprint density at radius 1 is 0.882 bits per heavy atom. The lowest BCUT2D eigenvalue weighted by atomic mass is 10.00. The highest BCUT2D eigenvalue weighted by molar-refractivity contribution is 5.94. The Balaban J connectivity index is 3.73. The molecular weight excluding hydrogens is 224 g/mol. The Morgan fingerprint density at radius 3 is 1.47 bits per heavy atom. The highest BCUT2D eigenvalue weighted by atomic mass is 16.5. The summed E-state index contributed by atoms with van der Waals surface area (Å²) in [6.07, 6.45) is 0. The van der Waals surface area contributed by atoms with E-state index in [1.54, 1.807) is 13.8 Å². The van der Waals surface area contributed by atoms with Crippen molar-refractivity contribution in [2.24, 2.45) is 0 Å². The first-order chi connectivity index (χ1) is 7.99. The second kappa shape index (κ2) is 4.95. The van der Waals surface area contributed by atoms with Crippen molar-refractivity contribution in [3.63, 3.8) is 0 Å². The number of rotatable bonds is 4. The number of hydrogen-bond acceptors (Lipinski definition) is 4. The number of benzene rings is 1. The van der Waals surface area contributed by atoms with Gasteiger partial charge in [-0.25, -0.2) is 4.79 Å². The second-order valence-electron chi connectivity index (χ2n) is 3.53. The topological polar surface area (TPSA) is 65.0 Å². The molecule has 0 aliphatic rings. The summed E-state index contributed by atoms with van der Waals surface area (Å²) in [5.41, 5.74) is 1.23. The molecule has 5 heteroatoms. The summed E-state index contributed by atoms with van der Waals surface area (Å²) in [4.78, 5) is 11.2. The molecule has 0 aliphatic heterocycles. The molecule has 5 nitrogen and oxygen atoms in total. The molecule has 0 unspecified atom stereocenters. The first kappa shape index (κ1) is 13.2. The number of aromatic carboxylic acids is 1. The SMILES string of the molecule is COc1c(C)c(C(=O)O)c(C)c(OC)c1OC. The van der Waals surface area contributed by atoms with Crippen molar-refractivity contribution in [3.8, 4) is 17.2 Å². The molecule has 1 aromatic carbocycles. The summed E-state index contributed by atoms with van der Waals surface area (Å²) in [6.45, 7) is 3.36. The van der Waals surface area contributed by atoms with Crippen LogP contribution < -0.4 is 14.2 Å². The van der Waals surface area contributed by atoms with E-state index >= 15 is 0 Å². The van der Waals surface area contributed by atoms with Crippen LogP contribution in [0.25, 0.3) is 0 Å². The lowest BCUT2D eigenvalue weighted by Crippen LogP contribution is -2.08. The van der Waals surface area contributed by atoms with E-state index in [2.05, 4.69) is 0 Å². The zero-order chi connectivity index (χ0) is 13.2. The van der Waals surface area contributed by atoms with Crippen LogP contribution in [0.4, 0.5) is 0 Å². The second-order valence-corrected chi connectivity index (χ2v) is 3.53. The summed E-state index contributed by atoms with van der Waals surface area (Å²) < 4.78 is 15.6. The molecular formula is C12H16O5. The molecule has 0 saturated heterocycles. The minimum atomic E-state index is -1.01. The van der Waals surface area contributed by atoms with Gasteiger partial charge >= 0.3 is 5.97 Å². The molecule has 0 fully saturated rings. The van der Waals surface area contributed by atoms with Gasteiger partial charge in [0.1, 0.15) is 0 Å². The Labute approximate surface area is 99.9 Å². The van der Waals surface area contributed by atoms with Gasteiger partial charge in [0.25, 0.3) is 0 Å². The van der Waals surface area contributed by atoms with E-state index in [1.165, 1.54) is 21.3 Å². The zero-order valence-electron chi connectivity index (χ0n) is 10.6. The molecule has 17 heavy (non-hydrogen) atoms. The van der Waals surface area contributed by atoms with Crippen LogP contribution in [0.3, 0.4) is 0 Å². The van der Waals surface area contributed by atoms with E-state index < -0.39 is 5.97 Å². The van der Waals surface area contributed by atoms with Gasteiger partial charge in [-0.15, -0.1) is 0 Å². The van der Waals surface area contributed by atoms with Crippen LogP contribution in [0.5, 0.6) is 17.2 Å². The van der Waals surface area contributed by atoms with Gasteiger partial charge in [-0.05, 0) is 13.8 Å². The number of ether oxygens (including phenoxy) is 3. The van der Waals surface area contributed by atoms with Crippen LogP contribution in [0.1, 0.15) is 21.5 Å². The van der Waals surface area contributed by atoms with Gasteiger partial charge in [-0.1, -0.05) is 0 Å². The van der Waals surface area contributed by atoms with Crippen LogP contribution in [0.2, 0.25) is 0 Å². The molecule has 0 bridgehead atoms. The molecule has 1 rings (SSSR count). The Kier molecular flexibility index (Phi) is 3.83. The summed E-state index contributed by atoms with van der Waals surface area (Å²) in [6, 6.07) is 0. The van der Waals surface area contributed by atoms with Crippen molar-refractivity contribution in [2.75, 3.05) is 21.3 Å². The van der Waals surface area contributed by atoms with Gasteiger partial charge in [0.15, 0.2) is 11.5 Å². The quantitative estimate of drug-likeness (QED) is 0.872. The lowest BCUT2D eigenvalue weighted by Gasteiger charge is -2.18. The largest absolute Gasteiger partial charge is 0.492 e. The highest BCUT2D eigenvalue weighted by Crippen LogP contribution is 2.44. The minimum Gasteiger partial charge on any atom is -0.492 e.